The molecule has 0 aliphatic heterocycles. The molecule has 8 heteroatoms. The quantitative estimate of drug-likeness (QED) is 0.499. The Morgan fingerprint density at radius 2 is 1.78 bits per heavy atom. The lowest BCUT2D eigenvalue weighted by Gasteiger charge is -2.10. The second kappa shape index (κ2) is 8.89. The molecule has 0 aliphatic rings. The number of hydrogen-bond donors (Lipinski definition) is 2. The summed E-state index contributed by atoms with van der Waals surface area (Å²) in [6, 6.07) is 18.7. The summed E-state index contributed by atoms with van der Waals surface area (Å²) in [5.74, 6) is -0.206. The predicted molar refractivity (Wildman–Crippen MR) is 122 cm³/mol. The molecule has 0 spiro atoms. The number of amides is 2. The van der Waals surface area contributed by atoms with Gasteiger partial charge in [0.15, 0.2) is 5.65 Å². The number of ether oxygens (including phenoxy) is 1. The lowest BCUT2D eigenvalue weighted by atomic mass is 10.0. The van der Waals surface area contributed by atoms with Crippen LogP contribution >= 0.6 is 0 Å². The van der Waals surface area contributed by atoms with E-state index in [1.807, 2.05) is 62.5 Å². The van der Waals surface area contributed by atoms with E-state index in [0.29, 0.717) is 29.1 Å². The summed E-state index contributed by atoms with van der Waals surface area (Å²) in [6.45, 7) is 2.21. The molecule has 0 saturated carbocycles. The van der Waals surface area contributed by atoms with Crippen LogP contribution in [0.5, 0.6) is 0 Å². The molecule has 2 heterocycles. The molecular formula is C24H23N5O3. The molecule has 32 heavy (non-hydrogen) atoms. The fraction of sp³-hybridized carbons (Fsp3) is 0.167. The van der Waals surface area contributed by atoms with Crippen molar-refractivity contribution < 1.29 is 14.3 Å². The van der Waals surface area contributed by atoms with Crippen molar-refractivity contribution >= 4 is 28.7 Å². The lowest BCUT2D eigenvalue weighted by molar-refractivity contribution is 0.0952. The Morgan fingerprint density at radius 1 is 1.06 bits per heavy atom. The Hall–Kier alpha value is -4.20. The third kappa shape index (κ3) is 4.29. The van der Waals surface area contributed by atoms with E-state index in [1.54, 1.807) is 16.8 Å². The second-order valence-electron chi connectivity index (χ2n) is 7.32. The molecule has 162 valence electrons. The molecule has 0 unspecified atom stereocenters. The molecule has 0 bridgehead atoms. The monoisotopic (exact) mass is 429 g/mol. The Labute approximate surface area is 185 Å². The molecule has 2 N–H and O–H groups in total. The van der Waals surface area contributed by atoms with E-state index in [1.165, 1.54) is 7.11 Å². The highest BCUT2D eigenvalue weighted by atomic mass is 16.5. The SMILES string of the molecule is COC(=O)Nc1ccc(CNC(=O)c2cc(-c3ccccc3)nc3c2c(C)nn3C)cc1. The summed E-state index contributed by atoms with van der Waals surface area (Å²) in [7, 11) is 3.13. The van der Waals surface area contributed by atoms with Crippen molar-refractivity contribution in [3.05, 3.63) is 77.5 Å². The van der Waals surface area contributed by atoms with Crippen LogP contribution in [-0.2, 0) is 18.3 Å². The number of aryl methyl sites for hydroxylation is 2. The van der Waals surface area contributed by atoms with Crippen LogP contribution in [-0.4, -0.2) is 33.9 Å². The molecule has 2 amide bonds. The number of carbonyl (C=O) groups excluding carboxylic acids is 2. The van der Waals surface area contributed by atoms with Gasteiger partial charge in [0.2, 0.25) is 0 Å². The van der Waals surface area contributed by atoms with Gasteiger partial charge in [-0.25, -0.2) is 9.78 Å². The highest BCUT2D eigenvalue weighted by molar-refractivity contribution is 6.07. The van der Waals surface area contributed by atoms with Crippen molar-refractivity contribution in [1.82, 2.24) is 20.1 Å². The van der Waals surface area contributed by atoms with Gasteiger partial charge in [-0.3, -0.25) is 14.8 Å². The minimum absolute atomic E-state index is 0.206. The molecule has 0 aliphatic carbocycles. The number of anilines is 1. The van der Waals surface area contributed by atoms with Gasteiger partial charge in [-0.05, 0) is 30.7 Å². The van der Waals surface area contributed by atoms with Crippen LogP contribution in [0.15, 0.2) is 60.7 Å². The fourth-order valence-electron chi connectivity index (χ4n) is 3.53. The Balaban J connectivity index is 1.60. The maximum absolute atomic E-state index is 13.2. The average molecular weight is 429 g/mol. The summed E-state index contributed by atoms with van der Waals surface area (Å²) < 4.78 is 6.28. The molecule has 4 aromatic rings. The smallest absolute Gasteiger partial charge is 0.411 e. The second-order valence-corrected chi connectivity index (χ2v) is 7.32. The number of fused-ring (bicyclic) bond motifs is 1. The Bertz CT molecular complexity index is 1280. The first-order valence-electron chi connectivity index (χ1n) is 10.1. The van der Waals surface area contributed by atoms with Crippen molar-refractivity contribution in [1.29, 1.82) is 0 Å². The van der Waals surface area contributed by atoms with Crippen molar-refractivity contribution in [3.8, 4) is 11.3 Å². The van der Waals surface area contributed by atoms with Gasteiger partial charge in [-0.15, -0.1) is 0 Å². The highest BCUT2D eigenvalue weighted by Crippen LogP contribution is 2.26. The number of benzene rings is 2. The molecule has 0 atom stereocenters. The van der Waals surface area contributed by atoms with Crippen LogP contribution in [0, 0.1) is 6.92 Å². The maximum atomic E-state index is 13.2. The highest BCUT2D eigenvalue weighted by Gasteiger charge is 2.19. The molecule has 2 aromatic carbocycles. The largest absolute Gasteiger partial charge is 0.453 e. The van der Waals surface area contributed by atoms with E-state index in [2.05, 4.69) is 20.5 Å². The van der Waals surface area contributed by atoms with Crippen LogP contribution in [0.25, 0.3) is 22.3 Å². The van der Waals surface area contributed by atoms with Gasteiger partial charge in [0, 0.05) is 24.8 Å². The minimum atomic E-state index is -0.534. The van der Waals surface area contributed by atoms with Crippen molar-refractivity contribution in [2.45, 2.75) is 13.5 Å². The molecule has 2 aromatic heterocycles. The maximum Gasteiger partial charge on any atom is 0.411 e. The van der Waals surface area contributed by atoms with Crippen LogP contribution in [0.4, 0.5) is 10.5 Å². The van der Waals surface area contributed by atoms with Gasteiger partial charge in [0.1, 0.15) is 0 Å². The van der Waals surface area contributed by atoms with Gasteiger partial charge in [-0.1, -0.05) is 42.5 Å². The van der Waals surface area contributed by atoms with Crippen LogP contribution in [0.1, 0.15) is 21.6 Å². The van der Waals surface area contributed by atoms with E-state index < -0.39 is 6.09 Å². The number of nitrogens with one attached hydrogen (secondary N) is 2. The van der Waals surface area contributed by atoms with Crippen LogP contribution in [0.2, 0.25) is 0 Å². The first-order chi connectivity index (χ1) is 15.5. The number of nitrogens with zero attached hydrogens (tertiary/aromatic N) is 3. The number of hydrogen-bond acceptors (Lipinski definition) is 5. The minimum Gasteiger partial charge on any atom is -0.453 e. The zero-order valence-electron chi connectivity index (χ0n) is 18.0. The normalized spacial score (nSPS) is 10.7. The average Bonchev–Trinajstić information content (AvgIpc) is 3.11. The zero-order valence-corrected chi connectivity index (χ0v) is 18.0. The summed E-state index contributed by atoms with van der Waals surface area (Å²) in [4.78, 5) is 29.2. The van der Waals surface area contributed by atoms with E-state index in [9.17, 15) is 9.59 Å². The number of carbonyl (C=O) groups is 2. The topological polar surface area (TPSA) is 98.1 Å². The van der Waals surface area contributed by atoms with Gasteiger partial charge in [0.05, 0.1) is 29.4 Å². The molecule has 0 saturated heterocycles. The van der Waals surface area contributed by atoms with Gasteiger partial charge in [-0.2, -0.15) is 5.10 Å². The molecule has 4 rings (SSSR count). The Morgan fingerprint density at radius 3 is 2.47 bits per heavy atom. The molecule has 8 nitrogen and oxygen atoms in total. The molecule has 0 fully saturated rings. The number of pyridine rings is 1. The van der Waals surface area contributed by atoms with E-state index >= 15 is 0 Å². The summed E-state index contributed by atoms with van der Waals surface area (Å²) in [5.41, 5.74) is 5.08. The van der Waals surface area contributed by atoms with Crippen LogP contribution in [0.3, 0.4) is 0 Å². The van der Waals surface area contributed by atoms with Gasteiger partial charge < -0.3 is 10.1 Å². The third-order valence-corrected chi connectivity index (χ3v) is 5.12. The van der Waals surface area contributed by atoms with Crippen molar-refractivity contribution in [3.63, 3.8) is 0 Å². The Kier molecular flexibility index (Phi) is 5.85. The number of aromatic nitrogens is 3. The van der Waals surface area contributed by atoms with Crippen molar-refractivity contribution in [2.24, 2.45) is 7.05 Å². The first kappa shape index (κ1) is 21.0. The van der Waals surface area contributed by atoms with E-state index in [0.717, 1.165) is 22.2 Å². The summed E-state index contributed by atoms with van der Waals surface area (Å²) >= 11 is 0. The van der Waals surface area contributed by atoms with Crippen molar-refractivity contribution in [2.75, 3.05) is 12.4 Å². The van der Waals surface area contributed by atoms with E-state index in [4.69, 9.17) is 4.98 Å². The van der Waals surface area contributed by atoms with Gasteiger partial charge in [0.25, 0.3) is 5.91 Å². The molecule has 0 radical (unpaired) electrons. The number of rotatable bonds is 5. The van der Waals surface area contributed by atoms with Crippen LogP contribution < -0.4 is 10.6 Å². The summed E-state index contributed by atoms with van der Waals surface area (Å²) in [5, 5.41) is 10.8. The zero-order chi connectivity index (χ0) is 22.7. The van der Waals surface area contributed by atoms with Gasteiger partial charge >= 0.3 is 6.09 Å². The summed E-state index contributed by atoms with van der Waals surface area (Å²) in [6.07, 6.45) is -0.534. The number of methoxy groups -OCH3 is 1. The standard InChI is InChI=1S/C24H23N5O3/c1-15-21-19(13-20(17-7-5-4-6-8-17)27-22(21)29(2)28-15)23(30)25-14-16-9-11-18(12-10-16)26-24(31)32-3/h4-13H,14H2,1-3H3,(H,25,30)(H,26,31). The predicted octanol–water partition coefficient (Wildman–Crippen LogP) is 4.05. The molecular weight excluding hydrogens is 406 g/mol. The third-order valence-electron chi connectivity index (χ3n) is 5.12. The first-order valence-corrected chi connectivity index (χ1v) is 10.1. The lowest BCUT2D eigenvalue weighted by Crippen LogP contribution is -2.23. The fourth-order valence-corrected chi connectivity index (χ4v) is 3.53. The van der Waals surface area contributed by atoms with E-state index in [-0.39, 0.29) is 5.91 Å².